The topological polar surface area (TPSA) is 18.5 Å². The second kappa shape index (κ2) is 5.85. The van der Waals surface area contributed by atoms with Crippen molar-refractivity contribution in [1.29, 1.82) is 0 Å². The molecule has 4 rings (SSSR count). The Hall–Kier alpha value is 0.920. The van der Waals surface area contributed by atoms with Crippen LogP contribution in [-0.4, -0.2) is 23.7 Å². The first-order valence-corrected chi connectivity index (χ1v) is 11.3. The molecule has 0 aromatic heterocycles. The molecule has 2 nitrogen and oxygen atoms in total. The first-order valence-electron chi connectivity index (χ1n) is 6.24. The van der Waals surface area contributed by atoms with Crippen LogP contribution in [-0.2, 0) is 9.47 Å². The molecule has 0 aromatic carbocycles. The highest BCUT2D eigenvalue weighted by atomic mass is 32.3. The van der Waals surface area contributed by atoms with Crippen LogP contribution in [0.3, 0.4) is 0 Å². The molecule has 0 saturated heterocycles. The van der Waals surface area contributed by atoms with Crippen molar-refractivity contribution in [2.24, 2.45) is 0 Å². The zero-order chi connectivity index (χ0) is 13.7. The second-order valence-electron chi connectivity index (χ2n) is 4.48. The van der Waals surface area contributed by atoms with E-state index in [4.69, 9.17) is 9.47 Å². The smallest absolute Gasteiger partial charge is 0.208 e. The number of hydrogen-bond acceptors (Lipinski definition) is 8. The van der Waals surface area contributed by atoms with E-state index in [1.165, 1.54) is 16.9 Å². The van der Waals surface area contributed by atoms with Gasteiger partial charge in [0.25, 0.3) is 0 Å². The van der Waals surface area contributed by atoms with Crippen LogP contribution in [0.4, 0.5) is 0 Å². The third-order valence-electron chi connectivity index (χ3n) is 3.04. The van der Waals surface area contributed by atoms with Crippen molar-refractivity contribution in [2.75, 3.05) is 13.2 Å². The van der Waals surface area contributed by atoms with Gasteiger partial charge in [-0.25, -0.2) is 0 Å². The van der Waals surface area contributed by atoms with E-state index in [1.807, 2.05) is 47.0 Å². The van der Waals surface area contributed by atoms with Crippen LogP contribution in [0.1, 0.15) is 13.8 Å². The van der Waals surface area contributed by atoms with Gasteiger partial charge in [-0.2, -0.15) is 0 Å². The molecule has 2 atom stereocenters. The van der Waals surface area contributed by atoms with Crippen LogP contribution in [0.15, 0.2) is 27.1 Å². The highest BCUT2D eigenvalue weighted by molar-refractivity contribution is 8.43. The summed E-state index contributed by atoms with van der Waals surface area (Å²) in [6, 6.07) is 0. The Morgan fingerprint density at radius 2 is 1.15 bits per heavy atom. The molecular formula is C12H12O2S6. The molecular weight excluding hydrogens is 369 g/mol. The number of ether oxygens (including phenoxy) is 2. The standard InChI is InChI=1S/C12H12O2S6/c1-5-6(2)16-10-9(15-5)19-12(20-10)11-17-7-8(18-11)14-4-3-13-7/h5-6H,3-4H2,1-2H3/t5-,6-/m0/s1. The fourth-order valence-corrected chi connectivity index (χ4v) is 10.9. The summed E-state index contributed by atoms with van der Waals surface area (Å²) in [6.45, 7) is 5.99. The molecule has 8 heteroatoms. The van der Waals surface area contributed by atoms with E-state index in [9.17, 15) is 0 Å². The van der Waals surface area contributed by atoms with Gasteiger partial charge in [0.1, 0.15) is 13.2 Å². The van der Waals surface area contributed by atoms with Crippen LogP contribution < -0.4 is 0 Å². The van der Waals surface area contributed by atoms with E-state index >= 15 is 0 Å². The summed E-state index contributed by atoms with van der Waals surface area (Å²) in [4.78, 5) is 0. The van der Waals surface area contributed by atoms with Crippen LogP contribution >= 0.6 is 70.6 Å². The first-order chi connectivity index (χ1) is 9.70. The summed E-state index contributed by atoms with van der Waals surface area (Å²) in [6.07, 6.45) is 0. The van der Waals surface area contributed by atoms with Crippen LogP contribution in [0.5, 0.6) is 0 Å². The van der Waals surface area contributed by atoms with Gasteiger partial charge in [-0.15, -0.1) is 23.5 Å². The first kappa shape index (κ1) is 14.5. The fourth-order valence-electron chi connectivity index (χ4n) is 1.83. The van der Waals surface area contributed by atoms with E-state index in [0.29, 0.717) is 23.7 Å². The second-order valence-corrected chi connectivity index (χ2v) is 12.3. The average molecular weight is 381 g/mol. The van der Waals surface area contributed by atoms with Gasteiger partial charge >= 0.3 is 0 Å². The third kappa shape index (κ3) is 2.65. The molecule has 0 radical (unpaired) electrons. The van der Waals surface area contributed by atoms with Gasteiger partial charge in [-0.1, -0.05) is 37.4 Å². The lowest BCUT2D eigenvalue weighted by molar-refractivity contribution is 0.0949. The molecule has 0 N–H and O–H groups in total. The van der Waals surface area contributed by atoms with Crippen molar-refractivity contribution in [3.63, 3.8) is 0 Å². The molecule has 0 bridgehead atoms. The zero-order valence-electron chi connectivity index (χ0n) is 10.8. The van der Waals surface area contributed by atoms with Crippen molar-refractivity contribution in [3.05, 3.63) is 27.1 Å². The molecule has 0 fully saturated rings. The minimum absolute atomic E-state index is 0.671. The molecule has 0 amide bonds. The van der Waals surface area contributed by atoms with E-state index in [1.54, 1.807) is 23.5 Å². The lowest BCUT2D eigenvalue weighted by atomic mass is 10.4. The summed E-state index contributed by atoms with van der Waals surface area (Å²) >= 11 is 11.4. The Morgan fingerprint density at radius 1 is 0.700 bits per heavy atom. The Labute approximate surface area is 144 Å². The van der Waals surface area contributed by atoms with Gasteiger partial charge in [-0.3, -0.25) is 0 Å². The molecule has 0 saturated carbocycles. The van der Waals surface area contributed by atoms with Crippen LogP contribution in [0.25, 0.3) is 0 Å². The predicted octanol–water partition coefficient (Wildman–Crippen LogP) is 5.63. The maximum Gasteiger partial charge on any atom is 0.208 e. The monoisotopic (exact) mass is 380 g/mol. The highest BCUT2D eigenvalue weighted by Gasteiger charge is 2.36. The molecule has 0 aliphatic carbocycles. The largest absolute Gasteiger partial charge is 0.480 e. The molecule has 4 aliphatic heterocycles. The molecule has 108 valence electrons. The average Bonchev–Trinajstić information content (AvgIpc) is 3.02. The normalized spacial score (nSPS) is 33.1. The van der Waals surface area contributed by atoms with Crippen molar-refractivity contribution in [1.82, 2.24) is 0 Å². The van der Waals surface area contributed by atoms with Gasteiger partial charge < -0.3 is 9.47 Å². The van der Waals surface area contributed by atoms with E-state index in [2.05, 4.69) is 13.8 Å². The number of thioether (sulfide) groups is 6. The van der Waals surface area contributed by atoms with Crippen molar-refractivity contribution in [3.8, 4) is 0 Å². The number of hydrogen-bond donors (Lipinski definition) is 0. The Morgan fingerprint density at radius 3 is 1.65 bits per heavy atom. The molecule has 20 heavy (non-hydrogen) atoms. The van der Waals surface area contributed by atoms with Gasteiger partial charge in [-0.05, 0) is 23.5 Å². The van der Waals surface area contributed by atoms with E-state index in [0.717, 1.165) is 10.2 Å². The van der Waals surface area contributed by atoms with Gasteiger partial charge in [0.2, 0.25) is 10.2 Å². The van der Waals surface area contributed by atoms with Gasteiger partial charge in [0.15, 0.2) is 0 Å². The van der Waals surface area contributed by atoms with E-state index in [-0.39, 0.29) is 0 Å². The highest BCUT2D eigenvalue weighted by Crippen LogP contribution is 2.66. The molecule has 0 spiro atoms. The zero-order valence-corrected chi connectivity index (χ0v) is 15.7. The van der Waals surface area contributed by atoms with Crippen LogP contribution in [0.2, 0.25) is 0 Å². The fraction of sp³-hybridized carbons (Fsp3) is 0.500. The van der Waals surface area contributed by atoms with Crippen LogP contribution in [0, 0.1) is 0 Å². The van der Waals surface area contributed by atoms with Crippen molar-refractivity contribution >= 4 is 70.6 Å². The number of rotatable bonds is 0. The maximum absolute atomic E-state index is 5.66. The maximum atomic E-state index is 5.66. The Kier molecular flexibility index (Phi) is 4.24. The Bertz CT molecular complexity index is 508. The molecule has 4 heterocycles. The Balaban J connectivity index is 1.52. The quantitative estimate of drug-likeness (QED) is 0.531. The lowest BCUT2D eigenvalue weighted by Crippen LogP contribution is -2.14. The SMILES string of the molecule is C[C@@H]1SC2=C(SC(=C3SC4=C(OCCO4)S3)S2)S[C@H]1C. The summed E-state index contributed by atoms with van der Waals surface area (Å²) < 4.78 is 17.0. The predicted molar refractivity (Wildman–Crippen MR) is 97.5 cm³/mol. The summed E-state index contributed by atoms with van der Waals surface area (Å²) in [5.74, 6) is 0. The minimum Gasteiger partial charge on any atom is -0.480 e. The summed E-state index contributed by atoms with van der Waals surface area (Å²) in [5, 5.41) is 3.30. The van der Waals surface area contributed by atoms with Gasteiger partial charge in [0, 0.05) is 10.5 Å². The van der Waals surface area contributed by atoms with Crippen molar-refractivity contribution in [2.45, 2.75) is 24.3 Å². The molecule has 0 unspecified atom stereocenters. The van der Waals surface area contributed by atoms with E-state index < -0.39 is 0 Å². The van der Waals surface area contributed by atoms with Crippen molar-refractivity contribution < 1.29 is 9.47 Å². The summed E-state index contributed by atoms with van der Waals surface area (Å²) in [5.41, 5.74) is 0. The van der Waals surface area contributed by atoms with Gasteiger partial charge in [0.05, 0.1) is 16.9 Å². The molecule has 4 aliphatic rings. The lowest BCUT2D eigenvalue weighted by Gasteiger charge is -2.24. The minimum atomic E-state index is 0.671. The molecule has 0 aromatic rings. The summed E-state index contributed by atoms with van der Waals surface area (Å²) in [7, 11) is 0. The third-order valence-corrected chi connectivity index (χ3v) is 12.2.